The molecule has 1 amide bonds. The monoisotopic (exact) mass is 256 g/mol. The summed E-state index contributed by atoms with van der Waals surface area (Å²) in [6.45, 7) is 9.53. The molecule has 0 aromatic heterocycles. The van der Waals surface area contributed by atoms with Gasteiger partial charge in [0.2, 0.25) is 5.91 Å². The van der Waals surface area contributed by atoms with Crippen LogP contribution < -0.4 is 10.6 Å². The van der Waals surface area contributed by atoms with Gasteiger partial charge in [0.15, 0.2) is 0 Å². The minimum absolute atomic E-state index is 0.0931. The second kappa shape index (κ2) is 7.71. The van der Waals surface area contributed by atoms with E-state index in [-0.39, 0.29) is 5.91 Å². The number of rotatable bonds is 6. The van der Waals surface area contributed by atoms with E-state index < -0.39 is 0 Å². The minimum atomic E-state index is 0.0931. The fraction of sp³-hybridized carbons (Fsp3) is 0.923. The van der Waals surface area contributed by atoms with Crippen molar-refractivity contribution in [3.63, 3.8) is 0 Å². The van der Waals surface area contributed by atoms with Crippen molar-refractivity contribution in [1.82, 2.24) is 20.4 Å². The molecule has 1 unspecified atom stereocenters. The van der Waals surface area contributed by atoms with Gasteiger partial charge in [-0.25, -0.2) is 0 Å². The maximum absolute atomic E-state index is 11.5. The number of likely N-dealkylation sites (N-methyl/N-ethyl adjacent to an activating group) is 2. The first-order valence-corrected chi connectivity index (χ1v) is 6.85. The highest BCUT2D eigenvalue weighted by Gasteiger charge is 2.21. The van der Waals surface area contributed by atoms with Crippen LogP contribution in [0.3, 0.4) is 0 Å². The molecule has 106 valence electrons. The zero-order chi connectivity index (χ0) is 13.5. The van der Waals surface area contributed by atoms with Gasteiger partial charge in [-0.2, -0.15) is 0 Å². The molecule has 0 aliphatic carbocycles. The second-order valence-corrected chi connectivity index (χ2v) is 5.73. The van der Waals surface area contributed by atoms with E-state index in [2.05, 4.69) is 48.4 Å². The molecule has 1 aliphatic rings. The Morgan fingerprint density at radius 3 is 2.72 bits per heavy atom. The third kappa shape index (κ3) is 5.80. The van der Waals surface area contributed by atoms with Crippen molar-refractivity contribution < 1.29 is 4.79 Å². The molecule has 1 aliphatic heterocycles. The molecular weight excluding hydrogens is 228 g/mol. The molecule has 1 saturated heterocycles. The van der Waals surface area contributed by atoms with Gasteiger partial charge in [0.25, 0.3) is 0 Å². The number of piperazine rings is 1. The number of nitrogens with one attached hydrogen (secondary N) is 2. The summed E-state index contributed by atoms with van der Waals surface area (Å²) >= 11 is 0. The molecule has 1 heterocycles. The molecule has 2 N–H and O–H groups in total. The van der Waals surface area contributed by atoms with Gasteiger partial charge in [-0.05, 0) is 20.0 Å². The van der Waals surface area contributed by atoms with E-state index in [9.17, 15) is 4.79 Å². The molecular formula is C13H28N4O. The Kier molecular flexibility index (Phi) is 6.60. The van der Waals surface area contributed by atoms with Crippen LogP contribution in [0.2, 0.25) is 0 Å². The van der Waals surface area contributed by atoms with Gasteiger partial charge in [0, 0.05) is 38.8 Å². The lowest BCUT2D eigenvalue weighted by Gasteiger charge is -2.37. The number of hydrogen-bond donors (Lipinski definition) is 2. The first-order chi connectivity index (χ1) is 8.49. The number of carbonyl (C=O) groups is 1. The number of nitrogens with zero attached hydrogens (tertiary/aromatic N) is 2. The summed E-state index contributed by atoms with van der Waals surface area (Å²) in [6.07, 6.45) is 0. The van der Waals surface area contributed by atoms with Crippen molar-refractivity contribution in [2.45, 2.75) is 19.9 Å². The molecule has 0 saturated carbocycles. The Labute approximate surface area is 111 Å². The quantitative estimate of drug-likeness (QED) is 0.678. The zero-order valence-corrected chi connectivity index (χ0v) is 12.2. The predicted octanol–water partition coefficient (Wildman–Crippen LogP) is -0.406. The van der Waals surface area contributed by atoms with Crippen LogP contribution in [0.4, 0.5) is 0 Å². The van der Waals surface area contributed by atoms with Crippen LogP contribution in [0, 0.1) is 5.92 Å². The van der Waals surface area contributed by atoms with Crippen molar-refractivity contribution in [2.24, 2.45) is 5.92 Å². The lowest BCUT2D eigenvalue weighted by atomic mass is 10.2. The maximum Gasteiger partial charge on any atom is 0.233 e. The first-order valence-electron chi connectivity index (χ1n) is 6.85. The topological polar surface area (TPSA) is 47.6 Å². The van der Waals surface area contributed by atoms with Crippen molar-refractivity contribution >= 4 is 5.91 Å². The van der Waals surface area contributed by atoms with Crippen LogP contribution in [0.1, 0.15) is 13.8 Å². The third-order valence-corrected chi connectivity index (χ3v) is 3.35. The highest BCUT2D eigenvalue weighted by atomic mass is 16.1. The Balaban J connectivity index is 2.14. The molecule has 18 heavy (non-hydrogen) atoms. The minimum Gasteiger partial charge on any atom is -0.355 e. The van der Waals surface area contributed by atoms with Crippen LogP contribution in [0.5, 0.6) is 0 Å². The van der Waals surface area contributed by atoms with Gasteiger partial charge in [-0.1, -0.05) is 13.8 Å². The van der Waals surface area contributed by atoms with Gasteiger partial charge in [0.05, 0.1) is 6.54 Å². The molecule has 0 radical (unpaired) electrons. The Hall–Kier alpha value is -0.650. The van der Waals surface area contributed by atoms with Crippen LogP contribution >= 0.6 is 0 Å². The van der Waals surface area contributed by atoms with Crippen LogP contribution in [-0.2, 0) is 4.79 Å². The molecule has 5 heteroatoms. The van der Waals surface area contributed by atoms with Gasteiger partial charge < -0.3 is 15.5 Å². The van der Waals surface area contributed by atoms with Crippen molar-refractivity contribution in [3.05, 3.63) is 0 Å². The molecule has 1 rings (SSSR count). The fourth-order valence-corrected chi connectivity index (χ4v) is 2.05. The molecule has 1 atom stereocenters. The van der Waals surface area contributed by atoms with Gasteiger partial charge in [-0.15, -0.1) is 0 Å². The normalized spacial score (nSPS) is 22.4. The lowest BCUT2D eigenvalue weighted by molar-refractivity contribution is -0.120. The predicted molar refractivity (Wildman–Crippen MR) is 74.6 cm³/mol. The summed E-state index contributed by atoms with van der Waals surface area (Å²) in [4.78, 5) is 16.2. The standard InChI is InChI=1S/C13H28N4O/c1-11(2)7-15-13(18)9-14-8-12-10-16(3)5-6-17(12)4/h11-12,14H,5-10H2,1-4H3,(H,15,18). The first kappa shape index (κ1) is 15.4. The summed E-state index contributed by atoms with van der Waals surface area (Å²) in [6, 6.07) is 0.502. The van der Waals surface area contributed by atoms with Crippen LogP contribution in [0.25, 0.3) is 0 Å². The second-order valence-electron chi connectivity index (χ2n) is 5.73. The molecule has 0 bridgehead atoms. The largest absolute Gasteiger partial charge is 0.355 e. The van der Waals surface area contributed by atoms with Crippen molar-refractivity contribution in [1.29, 1.82) is 0 Å². The molecule has 0 aromatic rings. The number of amides is 1. The lowest BCUT2D eigenvalue weighted by Crippen LogP contribution is -2.54. The van der Waals surface area contributed by atoms with E-state index in [4.69, 9.17) is 0 Å². The van der Waals surface area contributed by atoms with E-state index >= 15 is 0 Å². The van der Waals surface area contributed by atoms with Gasteiger partial charge >= 0.3 is 0 Å². The molecule has 1 fully saturated rings. The summed E-state index contributed by atoms with van der Waals surface area (Å²) in [7, 11) is 4.30. The Morgan fingerprint density at radius 2 is 2.06 bits per heavy atom. The van der Waals surface area contributed by atoms with E-state index in [1.807, 2.05) is 0 Å². The maximum atomic E-state index is 11.5. The molecule has 5 nitrogen and oxygen atoms in total. The van der Waals surface area contributed by atoms with Crippen molar-refractivity contribution in [3.8, 4) is 0 Å². The average Bonchev–Trinajstić information content (AvgIpc) is 2.31. The molecule has 0 spiro atoms. The summed E-state index contributed by atoms with van der Waals surface area (Å²) in [5.41, 5.74) is 0. The van der Waals surface area contributed by atoms with Crippen LogP contribution in [-0.4, -0.2) is 75.1 Å². The Morgan fingerprint density at radius 1 is 1.33 bits per heavy atom. The van der Waals surface area contributed by atoms with E-state index in [1.165, 1.54) is 0 Å². The SMILES string of the molecule is CC(C)CNC(=O)CNCC1CN(C)CCN1C. The van der Waals surface area contributed by atoms with Gasteiger partial charge in [0.1, 0.15) is 0 Å². The zero-order valence-electron chi connectivity index (χ0n) is 12.2. The van der Waals surface area contributed by atoms with Gasteiger partial charge in [-0.3, -0.25) is 9.69 Å². The number of hydrogen-bond acceptors (Lipinski definition) is 4. The van der Waals surface area contributed by atoms with Crippen molar-refractivity contribution in [2.75, 3.05) is 53.4 Å². The fourth-order valence-electron chi connectivity index (χ4n) is 2.05. The van der Waals surface area contributed by atoms with E-state index in [0.29, 0.717) is 18.5 Å². The van der Waals surface area contributed by atoms with E-state index in [1.54, 1.807) is 0 Å². The van der Waals surface area contributed by atoms with Crippen LogP contribution in [0.15, 0.2) is 0 Å². The highest BCUT2D eigenvalue weighted by Crippen LogP contribution is 2.04. The third-order valence-electron chi connectivity index (χ3n) is 3.35. The smallest absolute Gasteiger partial charge is 0.233 e. The highest BCUT2D eigenvalue weighted by molar-refractivity contribution is 5.77. The summed E-state index contributed by atoms with van der Waals surface area (Å²) in [5.74, 6) is 0.600. The molecule has 0 aromatic carbocycles. The summed E-state index contributed by atoms with van der Waals surface area (Å²) in [5, 5.41) is 6.16. The number of carbonyl (C=O) groups excluding carboxylic acids is 1. The Bertz CT molecular complexity index is 257. The average molecular weight is 256 g/mol. The van der Waals surface area contributed by atoms with E-state index in [0.717, 1.165) is 32.7 Å². The summed E-state index contributed by atoms with van der Waals surface area (Å²) < 4.78 is 0.